The Labute approximate surface area is 146 Å². The highest BCUT2D eigenvalue weighted by Gasteiger charge is 1.94. The van der Waals surface area contributed by atoms with Crippen LogP contribution in [0.2, 0.25) is 0 Å². The van der Waals surface area contributed by atoms with Gasteiger partial charge in [-0.25, -0.2) is 0 Å². The topological polar surface area (TPSA) is 12.0 Å². The summed E-state index contributed by atoms with van der Waals surface area (Å²) in [7, 11) is 0. The molecule has 1 nitrogen and oxygen atoms in total. The van der Waals surface area contributed by atoms with E-state index in [2.05, 4.69) is 19.2 Å². The molecule has 0 fully saturated rings. The van der Waals surface area contributed by atoms with Crippen LogP contribution in [0.1, 0.15) is 123 Å². The van der Waals surface area contributed by atoms with Crippen molar-refractivity contribution in [3.05, 3.63) is 0 Å². The summed E-state index contributed by atoms with van der Waals surface area (Å²) >= 11 is 0. The van der Waals surface area contributed by atoms with E-state index >= 15 is 0 Å². The van der Waals surface area contributed by atoms with Crippen molar-refractivity contribution in [1.29, 1.82) is 0 Å². The van der Waals surface area contributed by atoms with E-state index in [4.69, 9.17) is 0 Å². The maximum absolute atomic E-state index is 3.48. The van der Waals surface area contributed by atoms with E-state index in [0.717, 1.165) is 0 Å². The first-order valence-corrected chi connectivity index (χ1v) is 10.6. The van der Waals surface area contributed by atoms with Crippen molar-refractivity contribution in [3.8, 4) is 0 Å². The third-order valence-electron chi connectivity index (χ3n) is 4.63. The smallest absolute Gasteiger partial charge is 0.00489 e. The van der Waals surface area contributed by atoms with Gasteiger partial charge in [0.05, 0.1) is 0 Å². The maximum atomic E-state index is 3.48. The second-order valence-corrected chi connectivity index (χ2v) is 7.05. The SMILES string of the molecule is CCCCCCCCCCCCCCCCCCNCCC.F. The number of hydrogen-bond donors (Lipinski definition) is 1. The fourth-order valence-corrected chi connectivity index (χ4v) is 3.10. The van der Waals surface area contributed by atoms with Gasteiger partial charge in [-0.15, -0.1) is 0 Å². The van der Waals surface area contributed by atoms with E-state index in [1.807, 2.05) is 0 Å². The zero-order chi connectivity index (χ0) is 16.1. The Bertz CT molecular complexity index is 165. The lowest BCUT2D eigenvalue weighted by Crippen LogP contribution is -2.15. The zero-order valence-corrected chi connectivity index (χ0v) is 16.3. The van der Waals surface area contributed by atoms with E-state index in [1.165, 1.54) is 122 Å². The third kappa shape index (κ3) is 24.3. The van der Waals surface area contributed by atoms with Crippen molar-refractivity contribution in [2.24, 2.45) is 0 Å². The van der Waals surface area contributed by atoms with Gasteiger partial charge >= 0.3 is 0 Å². The Morgan fingerprint density at radius 1 is 0.391 bits per heavy atom. The molecule has 0 spiro atoms. The Morgan fingerprint density at radius 3 is 1.09 bits per heavy atom. The van der Waals surface area contributed by atoms with Crippen LogP contribution in [-0.2, 0) is 0 Å². The van der Waals surface area contributed by atoms with E-state index in [1.54, 1.807) is 0 Å². The molecule has 0 aliphatic carbocycles. The van der Waals surface area contributed by atoms with Gasteiger partial charge < -0.3 is 5.32 Å². The lowest BCUT2D eigenvalue weighted by molar-refractivity contribution is 0.525. The highest BCUT2D eigenvalue weighted by atomic mass is 19.0. The van der Waals surface area contributed by atoms with Gasteiger partial charge in [-0.05, 0) is 25.9 Å². The minimum absolute atomic E-state index is 0. The molecule has 0 rings (SSSR count). The van der Waals surface area contributed by atoms with Crippen molar-refractivity contribution in [2.45, 2.75) is 123 Å². The van der Waals surface area contributed by atoms with Crippen LogP contribution in [0, 0.1) is 0 Å². The van der Waals surface area contributed by atoms with Crippen molar-refractivity contribution < 1.29 is 4.70 Å². The molecule has 0 amide bonds. The number of unbranched alkanes of at least 4 members (excludes halogenated alkanes) is 15. The van der Waals surface area contributed by atoms with E-state index in [-0.39, 0.29) is 4.70 Å². The van der Waals surface area contributed by atoms with E-state index in [0.29, 0.717) is 0 Å². The molecule has 0 bridgehead atoms. The molecule has 0 heterocycles. The molecular formula is C21H46FN. The van der Waals surface area contributed by atoms with Crippen LogP contribution in [-0.4, -0.2) is 13.1 Å². The second kappa shape index (κ2) is 24.1. The van der Waals surface area contributed by atoms with Gasteiger partial charge in [-0.2, -0.15) is 0 Å². The minimum Gasteiger partial charge on any atom is -0.317 e. The van der Waals surface area contributed by atoms with Crippen LogP contribution in [0.5, 0.6) is 0 Å². The zero-order valence-electron chi connectivity index (χ0n) is 16.3. The largest absolute Gasteiger partial charge is 0.317 e. The predicted octanol–water partition coefficient (Wildman–Crippen LogP) is 7.40. The number of halogens is 1. The number of nitrogens with one attached hydrogen (secondary N) is 1. The molecule has 0 radical (unpaired) electrons. The highest BCUT2D eigenvalue weighted by molar-refractivity contribution is 4.51. The third-order valence-corrected chi connectivity index (χ3v) is 4.63. The molecule has 0 aliphatic rings. The predicted molar refractivity (Wildman–Crippen MR) is 105 cm³/mol. The molecule has 23 heavy (non-hydrogen) atoms. The lowest BCUT2D eigenvalue weighted by Gasteiger charge is -2.04. The molecule has 142 valence electrons. The number of hydrogen-bond acceptors (Lipinski definition) is 1. The standard InChI is InChI=1S/C21H45N.FH/c1-3-5-6-7-8-9-10-11-12-13-14-15-16-17-18-19-21-22-20-4-2;/h22H,3-21H2,1-2H3;1H. The van der Waals surface area contributed by atoms with Crippen LogP contribution >= 0.6 is 0 Å². The summed E-state index contributed by atoms with van der Waals surface area (Å²) in [5, 5.41) is 3.48. The fraction of sp³-hybridized carbons (Fsp3) is 1.00. The summed E-state index contributed by atoms with van der Waals surface area (Å²) in [6.45, 7) is 6.95. The molecule has 0 aromatic heterocycles. The van der Waals surface area contributed by atoms with Crippen LogP contribution < -0.4 is 5.32 Å². The van der Waals surface area contributed by atoms with Gasteiger partial charge in [-0.1, -0.05) is 110 Å². The maximum Gasteiger partial charge on any atom is -0.00489 e. The summed E-state index contributed by atoms with van der Waals surface area (Å²) in [4.78, 5) is 0. The Hall–Kier alpha value is -0.110. The lowest BCUT2D eigenvalue weighted by atomic mass is 10.0. The first-order valence-electron chi connectivity index (χ1n) is 10.6. The quantitative estimate of drug-likeness (QED) is 0.243. The van der Waals surface area contributed by atoms with Crippen molar-refractivity contribution in [3.63, 3.8) is 0 Å². The summed E-state index contributed by atoms with van der Waals surface area (Å²) in [6.07, 6.45) is 24.6. The van der Waals surface area contributed by atoms with E-state index in [9.17, 15) is 0 Å². The van der Waals surface area contributed by atoms with Gasteiger partial charge in [0.2, 0.25) is 0 Å². The molecule has 0 saturated carbocycles. The summed E-state index contributed by atoms with van der Waals surface area (Å²) in [5.41, 5.74) is 0. The highest BCUT2D eigenvalue weighted by Crippen LogP contribution is 2.13. The first-order chi connectivity index (χ1) is 10.9. The van der Waals surface area contributed by atoms with Crippen LogP contribution in [0.4, 0.5) is 4.70 Å². The monoisotopic (exact) mass is 331 g/mol. The van der Waals surface area contributed by atoms with Crippen LogP contribution in [0.25, 0.3) is 0 Å². The van der Waals surface area contributed by atoms with Gasteiger partial charge in [0.1, 0.15) is 0 Å². The molecule has 0 aliphatic heterocycles. The van der Waals surface area contributed by atoms with E-state index < -0.39 is 0 Å². The van der Waals surface area contributed by atoms with Gasteiger partial charge in [0.25, 0.3) is 0 Å². The first kappa shape index (κ1) is 25.1. The van der Waals surface area contributed by atoms with Crippen molar-refractivity contribution in [2.75, 3.05) is 13.1 Å². The van der Waals surface area contributed by atoms with Gasteiger partial charge in [0, 0.05) is 0 Å². The molecule has 1 N–H and O–H groups in total. The van der Waals surface area contributed by atoms with Crippen molar-refractivity contribution >= 4 is 0 Å². The average Bonchev–Trinajstić information content (AvgIpc) is 2.54. The molecular weight excluding hydrogens is 285 g/mol. The second-order valence-electron chi connectivity index (χ2n) is 7.05. The molecule has 0 aromatic rings. The summed E-state index contributed by atoms with van der Waals surface area (Å²) in [5.74, 6) is 0. The molecule has 0 atom stereocenters. The Morgan fingerprint density at radius 2 is 0.739 bits per heavy atom. The Kier molecular flexibility index (Phi) is 26.4. The summed E-state index contributed by atoms with van der Waals surface area (Å²) in [6, 6.07) is 0. The van der Waals surface area contributed by atoms with Crippen LogP contribution in [0.15, 0.2) is 0 Å². The minimum atomic E-state index is 0. The summed E-state index contributed by atoms with van der Waals surface area (Å²) < 4.78 is 0. The van der Waals surface area contributed by atoms with Crippen molar-refractivity contribution in [1.82, 2.24) is 5.32 Å². The normalized spacial score (nSPS) is 10.7. The molecule has 0 aromatic carbocycles. The molecule has 2 heteroatoms. The average molecular weight is 332 g/mol. The fourth-order valence-electron chi connectivity index (χ4n) is 3.10. The molecule has 0 saturated heterocycles. The Balaban J connectivity index is 0. The van der Waals surface area contributed by atoms with Gasteiger partial charge in [0.15, 0.2) is 0 Å². The van der Waals surface area contributed by atoms with Crippen LogP contribution in [0.3, 0.4) is 0 Å². The van der Waals surface area contributed by atoms with Gasteiger partial charge in [-0.3, -0.25) is 4.70 Å². The number of rotatable bonds is 19. The molecule has 0 unspecified atom stereocenters.